The molecule has 0 bridgehead atoms. The first kappa shape index (κ1) is 23.4. The predicted molar refractivity (Wildman–Crippen MR) is 136 cm³/mol. The first-order valence-corrected chi connectivity index (χ1v) is 12.8. The average molecular weight is 494 g/mol. The smallest absolute Gasteiger partial charge is 0.230 e. The molecule has 35 heavy (non-hydrogen) atoms. The highest BCUT2D eigenvalue weighted by Gasteiger charge is 2.14. The Morgan fingerprint density at radius 3 is 3.03 bits per heavy atom. The quantitative estimate of drug-likeness (QED) is 0.280. The molecule has 0 atom stereocenters. The number of aromatic amines is 1. The van der Waals surface area contributed by atoms with E-state index in [0.29, 0.717) is 28.5 Å². The van der Waals surface area contributed by atoms with E-state index in [-0.39, 0.29) is 12.3 Å². The summed E-state index contributed by atoms with van der Waals surface area (Å²) in [6.45, 7) is 2.94. The molecule has 0 unspecified atom stereocenters. The second-order valence-corrected chi connectivity index (χ2v) is 9.70. The third-order valence-electron chi connectivity index (χ3n) is 6.27. The summed E-state index contributed by atoms with van der Waals surface area (Å²) in [6, 6.07) is 9.11. The Hall–Kier alpha value is -3.30. The number of amides is 1. The van der Waals surface area contributed by atoms with E-state index in [4.69, 9.17) is 4.74 Å². The fraction of sp³-hybridized carbons (Fsp3) is 0.346. The maximum Gasteiger partial charge on any atom is 0.230 e. The topological polar surface area (TPSA) is 91.9 Å². The van der Waals surface area contributed by atoms with Crippen LogP contribution in [0.3, 0.4) is 0 Å². The molecular formula is C26H28FN5O2S. The lowest BCUT2D eigenvalue weighted by atomic mass is 9.93. The van der Waals surface area contributed by atoms with E-state index in [1.54, 1.807) is 6.20 Å². The molecule has 4 heterocycles. The van der Waals surface area contributed by atoms with E-state index in [2.05, 4.69) is 25.6 Å². The van der Waals surface area contributed by atoms with E-state index < -0.39 is 5.82 Å². The monoisotopic (exact) mass is 493 g/mol. The average Bonchev–Trinajstić information content (AvgIpc) is 3.49. The summed E-state index contributed by atoms with van der Waals surface area (Å²) in [6.07, 6.45) is 7.89. The molecule has 1 fully saturated rings. The number of carbonyl (C=O) groups is 1. The van der Waals surface area contributed by atoms with Crippen molar-refractivity contribution in [3.05, 3.63) is 59.5 Å². The molecule has 182 valence electrons. The number of pyridine rings is 1. The van der Waals surface area contributed by atoms with E-state index in [9.17, 15) is 9.18 Å². The van der Waals surface area contributed by atoms with Crippen LogP contribution in [0.15, 0.2) is 48.1 Å². The third kappa shape index (κ3) is 6.04. The maximum absolute atomic E-state index is 13.6. The van der Waals surface area contributed by atoms with Crippen LogP contribution in [-0.4, -0.2) is 40.6 Å². The molecule has 1 saturated heterocycles. The Morgan fingerprint density at radius 2 is 2.14 bits per heavy atom. The summed E-state index contributed by atoms with van der Waals surface area (Å²) in [5.41, 5.74) is 2.87. The number of nitrogens with one attached hydrogen (secondary N) is 3. The van der Waals surface area contributed by atoms with Crippen LogP contribution in [-0.2, 0) is 11.2 Å². The van der Waals surface area contributed by atoms with Gasteiger partial charge in [0.05, 0.1) is 24.9 Å². The lowest BCUT2D eigenvalue weighted by molar-refractivity contribution is -0.115. The van der Waals surface area contributed by atoms with Crippen LogP contribution in [0.1, 0.15) is 31.2 Å². The summed E-state index contributed by atoms with van der Waals surface area (Å²) in [4.78, 5) is 24.2. The number of aromatic nitrogens is 3. The maximum atomic E-state index is 13.6. The molecule has 9 heteroatoms. The highest BCUT2D eigenvalue weighted by molar-refractivity contribution is 7.14. The van der Waals surface area contributed by atoms with E-state index in [0.717, 1.165) is 42.3 Å². The van der Waals surface area contributed by atoms with Gasteiger partial charge in [-0.3, -0.25) is 4.79 Å². The molecule has 0 saturated carbocycles. The number of hydrogen-bond acceptors (Lipinski definition) is 6. The zero-order chi connectivity index (χ0) is 24.0. The Labute approximate surface area is 207 Å². The third-order valence-corrected chi connectivity index (χ3v) is 7.03. The fourth-order valence-corrected chi connectivity index (χ4v) is 5.20. The lowest BCUT2D eigenvalue weighted by Crippen LogP contribution is -2.27. The minimum atomic E-state index is -0.407. The van der Waals surface area contributed by atoms with Gasteiger partial charge in [-0.2, -0.15) is 0 Å². The van der Waals surface area contributed by atoms with Crippen molar-refractivity contribution in [2.75, 3.05) is 25.0 Å². The van der Waals surface area contributed by atoms with Gasteiger partial charge in [-0.05, 0) is 68.5 Å². The van der Waals surface area contributed by atoms with Gasteiger partial charge < -0.3 is 20.4 Å². The highest BCUT2D eigenvalue weighted by atomic mass is 32.1. The van der Waals surface area contributed by atoms with Crippen molar-refractivity contribution < 1.29 is 13.9 Å². The van der Waals surface area contributed by atoms with Crippen LogP contribution in [0.2, 0.25) is 0 Å². The zero-order valence-corrected chi connectivity index (χ0v) is 20.2. The molecule has 0 radical (unpaired) electrons. The van der Waals surface area contributed by atoms with Crippen molar-refractivity contribution in [3.63, 3.8) is 0 Å². The number of ether oxygens (including phenoxy) is 1. The Morgan fingerprint density at radius 1 is 1.26 bits per heavy atom. The van der Waals surface area contributed by atoms with Gasteiger partial charge in [-0.15, -0.1) is 11.3 Å². The molecule has 3 N–H and O–H groups in total. The van der Waals surface area contributed by atoms with E-state index in [1.807, 2.05) is 29.6 Å². The number of rotatable bonds is 9. The van der Waals surface area contributed by atoms with Gasteiger partial charge in [-0.25, -0.2) is 14.4 Å². The highest BCUT2D eigenvalue weighted by Crippen LogP contribution is 2.30. The normalized spacial score (nSPS) is 14.3. The number of nitrogens with zero attached hydrogens (tertiary/aromatic N) is 2. The van der Waals surface area contributed by atoms with Gasteiger partial charge >= 0.3 is 0 Å². The van der Waals surface area contributed by atoms with Gasteiger partial charge in [0.1, 0.15) is 17.2 Å². The largest absolute Gasteiger partial charge is 0.494 e. The Balaban J connectivity index is 1.13. The zero-order valence-electron chi connectivity index (χ0n) is 19.4. The SMILES string of the molecule is O=C(Cc1cccc(OCCCC2CCNCC2)c1)Nc1nc(-c2c[nH]c3ncc(F)cc23)cs1. The molecule has 1 amide bonds. The van der Waals surface area contributed by atoms with E-state index in [1.165, 1.54) is 42.9 Å². The number of halogens is 1. The number of carbonyl (C=O) groups excluding carboxylic acids is 1. The molecular weight excluding hydrogens is 465 g/mol. The van der Waals surface area contributed by atoms with Gasteiger partial charge in [0.2, 0.25) is 5.91 Å². The number of benzene rings is 1. The molecule has 4 aromatic rings. The van der Waals surface area contributed by atoms with Crippen LogP contribution in [0, 0.1) is 11.7 Å². The molecule has 0 aliphatic carbocycles. The van der Waals surface area contributed by atoms with Crippen molar-refractivity contribution in [3.8, 4) is 17.0 Å². The van der Waals surface area contributed by atoms with Gasteiger partial charge in [0.15, 0.2) is 5.13 Å². The van der Waals surface area contributed by atoms with Gasteiger partial charge in [0.25, 0.3) is 0 Å². The van der Waals surface area contributed by atoms with Gasteiger partial charge in [-0.1, -0.05) is 12.1 Å². The minimum absolute atomic E-state index is 0.152. The summed E-state index contributed by atoms with van der Waals surface area (Å²) in [7, 11) is 0. The Bertz CT molecular complexity index is 1300. The lowest BCUT2D eigenvalue weighted by Gasteiger charge is -2.22. The summed E-state index contributed by atoms with van der Waals surface area (Å²) in [5, 5.41) is 9.25. The summed E-state index contributed by atoms with van der Waals surface area (Å²) >= 11 is 1.33. The minimum Gasteiger partial charge on any atom is -0.494 e. The molecule has 7 nitrogen and oxygen atoms in total. The van der Waals surface area contributed by atoms with Crippen LogP contribution < -0.4 is 15.4 Å². The van der Waals surface area contributed by atoms with Crippen molar-refractivity contribution in [2.45, 2.75) is 32.1 Å². The van der Waals surface area contributed by atoms with Crippen LogP contribution >= 0.6 is 11.3 Å². The number of hydrogen-bond donors (Lipinski definition) is 3. The molecule has 0 spiro atoms. The van der Waals surface area contributed by atoms with Crippen LogP contribution in [0.4, 0.5) is 9.52 Å². The Kier molecular flexibility index (Phi) is 7.34. The van der Waals surface area contributed by atoms with E-state index >= 15 is 0 Å². The molecule has 1 aliphatic heterocycles. The van der Waals surface area contributed by atoms with Crippen LogP contribution in [0.5, 0.6) is 5.75 Å². The first-order valence-electron chi connectivity index (χ1n) is 11.9. The van der Waals surface area contributed by atoms with Crippen molar-refractivity contribution in [1.82, 2.24) is 20.3 Å². The van der Waals surface area contributed by atoms with Crippen molar-refractivity contribution >= 4 is 33.4 Å². The standard InChI is InChI=1S/C26H28FN5O2S/c27-19-13-21-22(15-30-25(21)29-14-19)23-16-35-26(31-23)32-24(33)12-18-3-1-5-20(11-18)34-10-2-4-17-6-8-28-9-7-17/h1,3,5,11,13-17,28H,2,4,6-10,12H2,(H,29,30)(H,31,32,33). The summed E-state index contributed by atoms with van der Waals surface area (Å²) < 4.78 is 19.6. The van der Waals surface area contributed by atoms with Gasteiger partial charge in [0, 0.05) is 22.5 Å². The number of fused-ring (bicyclic) bond motifs is 1. The first-order chi connectivity index (χ1) is 17.1. The molecule has 1 aliphatic rings. The second kappa shape index (κ2) is 11.0. The summed E-state index contributed by atoms with van der Waals surface area (Å²) in [5.74, 6) is 1.03. The second-order valence-electron chi connectivity index (χ2n) is 8.85. The fourth-order valence-electron chi connectivity index (χ4n) is 4.47. The molecule has 1 aromatic carbocycles. The predicted octanol–water partition coefficient (Wildman–Crippen LogP) is 5.17. The van der Waals surface area contributed by atoms with Crippen LogP contribution in [0.25, 0.3) is 22.3 Å². The van der Waals surface area contributed by atoms with Crippen molar-refractivity contribution in [1.29, 1.82) is 0 Å². The number of anilines is 1. The molecule has 3 aromatic heterocycles. The molecule has 5 rings (SSSR count). The van der Waals surface area contributed by atoms with Crippen molar-refractivity contribution in [2.24, 2.45) is 5.92 Å². The number of piperidine rings is 1. The number of thiazole rings is 1. The number of H-pyrrole nitrogens is 1.